The number of aliphatic carboxylic acids is 1. The first-order chi connectivity index (χ1) is 20.6. The molecular weight excluding hydrogens is 572 g/mol. The zero-order chi connectivity index (χ0) is 32.3. The number of morpholine rings is 1. The molecule has 44 heavy (non-hydrogen) atoms. The van der Waals surface area contributed by atoms with Crippen LogP contribution < -0.4 is 11.1 Å². The van der Waals surface area contributed by atoms with E-state index in [9.17, 15) is 29.7 Å². The lowest BCUT2D eigenvalue weighted by molar-refractivity contribution is -0.191. The first-order valence-corrected chi connectivity index (χ1v) is 15.4. The molecule has 3 aliphatic rings. The predicted molar refractivity (Wildman–Crippen MR) is 160 cm³/mol. The van der Waals surface area contributed by atoms with Gasteiger partial charge in [0.1, 0.15) is 5.75 Å². The van der Waals surface area contributed by atoms with Crippen molar-refractivity contribution in [2.24, 2.45) is 5.73 Å². The van der Waals surface area contributed by atoms with E-state index in [-0.39, 0.29) is 31.0 Å². The Labute approximate surface area is 258 Å². The van der Waals surface area contributed by atoms with E-state index >= 15 is 0 Å². The summed E-state index contributed by atoms with van der Waals surface area (Å²) in [6.45, 7) is 9.49. The van der Waals surface area contributed by atoms with Crippen molar-refractivity contribution in [3.05, 3.63) is 28.8 Å². The zero-order valence-electron chi connectivity index (χ0n) is 26.3. The molecule has 3 heterocycles. The number of nitrogens with zero attached hydrogens (tertiary/aromatic N) is 2. The highest BCUT2D eigenvalue weighted by molar-refractivity contribution is 5.94. The minimum absolute atomic E-state index is 0.0195. The molecule has 6 N–H and O–H groups in total. The van der Waals surface area contributed by atoms with Gasteiger partial charge >= 0.3 is 12.1 Å². The van der Waals surface area contributed by atoms with Crippen LogP contribution in [0.5, 0.6) is 5.75 Å². The van der Waals surface area contributed by atoms with Crippen LogP contribution in [0, 0.1) is 13.8 Å². The summed E-state index contributed by atoms with van der Waals surface area (Å²) in [6.07, 6.45) is 0.773. The summed E-state index contributed by atoms with van der Waals surface area (Å²) in [5.74, 6) is -1.26. The number of carbonyl (C=O) groups excluding carboxylic acids is 2. The fraction of sp³-hybridized carbons (Fsp3) is 0.710. The summed E-state index contributed by atoms with van der Waals surface area (Å²) < 4.78 is 17.4. The molecule has 1 aromatic rings. The molecule has 0 saturated carbocycles. The number of aliphatic hydroxyl groups is 1. The SMILES string of the molecule is Cc1cc(C(=O)NC[C@@H](O)C[C@H]2CCC[C@](CCN3CCOCC34CCN(C(=O)OC(C)(C)N)C4)(C(=O)O)O2)cc(C)c1O. The number of amides is 2. The van der Waals surface area contributed by atoms with Crippen molar-refractivity contribution in [2.75, 3.05) is 45.9 Å². The maximum Gasteiger partial charge on any atom is 0.411 e. The fourth-order valence-electron chi connectivity index (χ4n) is 6.56. The van der Waals surface area contributed by atoms with Crippen LogP contribution in [0.3, 0.4) is 0 Å². The highest BCUT2D eigenvalue weighted by atomic mass is 16.6. The first kappa shape index (κ1) is 33.9. The van der Waals surface area contributed by atoms with Gasteiger partial charge in [0.15, 0.2) is 11.3 Å². The van der Waals surface area contributed by atoms with Gasteiger partial charge in [-0.15, -0.1) is 0 Å². The molecule has 0 aromatic heterocycles. The molecule has 4 rings (SSSR count). The van der Waals surface area contributed by atoms with E-state index in [2.05, 4.69) is 10.2 Å². The number of carboxylic acid groups (broad SMARTS) is 1. The number of likely N-dealkylation sites (tertiary alicyclic amines) is 1. The molecule has 0 radical (unpaired) electrons. The predicted octanol–water partition coefficient (Wildman–Crippen LogP) is 1.88. The second kappa shape index (κ2) is 13.6. The summed E-state index contributed by atoms with van der Waals surface area (Å²) in [5.41, 5.74) is 4.47. The number of ether oxygens (including phenoxy) is 3. The summed E-state index contributed by atoms with van der Waals surface area (Å²) in [7, 11) is 0. The maximum atomic E-state index is 12.7. The smallest absolute Gasteiger partial charge is 0.411 e. The third-order valence-corrected chi connectivity index (χ3v) is 8.95. The van der Waals surface area contributed by atoms with Crippen LogP contribution in [0.1, 0.15) is 73.9 Å². The summed E-state index contributed by atoms with van der Waals surface area (Å²) in [6, 6.07) is 3.17. The number of nitrogens with one attached hydrogen (secondary N) is 1. The monoisotopic (exact) mass is 620 g/mol. The third-order valence-electron chi connectivity index (χ3n) is 8.95. The molecular formula is C31H48N4O9. The van der Waals surface area contributed by atoms with Crippen LogP contribution in [0.25, 0.3) is 0 Å². The normalized spacial score (nSPS) is 26.9. The Morgan fingerprint density at radius 2 is 1.91 bits per heavy atom. The fourth-order valence-corrected chi connectivity index (χ4v) is 6.56. The number of aliphatic hydroxyl groups excluding tert-OH is 1. The molecule has 1 spiro atoms. The van der Waals surface area contributed by atoms with Crippen molar-refractivity contribution < 1.29 is 43.9 Å². The molecule has 2 amide bonds. The first-order valence-electron chi connectivity index (χ1n) is 15.4. The van der Waals surface area contributed by atoms with Crippen LogP contribution in [0.15, 0.2) is 12.1 Å². The lowest BCUT2D eigenvalue weighted by Gasteiger charge is -2.46. The Bertz CT molecular complexity index is 1200. The number of nitrogens with two attached hydrogens (primary N) is 1. The van der Waals surface area contributed by atoms with Crippen molar-refractivity contribution in [1.82, 2.24) is 15.1 Å². The van der Waals surface area contributed by atoms with Crippen molar-refractivity contribution >= 4 is 18.0 Å². The number of aromatic hydroxyl groups is 1. The Kier molecular flexibility index (Phi) is 10.5. The van der Waals surface area contributed by atoms with E-state index in [4.69, 9.17) is 19.9 Å². The average Bonchev–Trinajstić information content (AvgIpc) is 3.37. The van der Waals surface area contributed by atoms with Gasteiger partial charge in [-0.05, 0) is 83.1 Å². The van der Waals surface area contributed by atoms with Crippen molar-refractivity contribution in [3.63, 3.8) is 0 Å². The number of carboxylic acids is 1. The van der Waals surface area contributed by atoms with Crippen molar-refractivity contribution in [2.45, 2.75) is 95.3 Å². The van der Waals surface area contributed by atoms with Gasteiger partial charge in [0.25, 0.3) is 5.91 Å². The minimum atomic E-state index is -1.41. The zero-order valence-corrected chi connectivity index (χ0v) is 26.3. The maximum absolute atomic E-state index is 12.7. The summed E-state index contributed by atoms with van der Waals surface area (Å²) in [4.78, 5) is 41.8. The lowest BCUT2D eigenvalue weighted by atomic mass is 9.86. The van der Waals surface area contributed by atoms with Crippen molar-refractivity contribution in [1.29, 1.82) is 0 Å². The van der Waals surface area contributed by atoms with E-state index in [1.807, 2.05) is 0 Å². The highest BCUT2D eigenvalue weighted by Gasteiger charge is 2.50. The molecule has 0 aliphatic carbocycles. The Morgan fingerprint density at radius 1 is 1.20 bits per heavy atom. The van der Waals surface area contributed by atoms with Crippen LogP contribution in [-0.2, 0) is 19.0 Å². The second-order valence-electron chi connectivity index (χ2n) is 13.1. The molecule has 1 unspecified atom stereocenters. The number of rotatable bonds is 10. The topological polar surface area (TPSA) is 184 Å². The Hall–Kier alpha value is -2.97. The molecule has 3 aliphatic heterocycles. The Morgan fingerprint density at radius 3 is 2.57 bits per heavy atom. The van der Waals surface area contributed by atoms with E-state index in [1.54, 1.807) is 44.7 Å². The molecule has 1 aromatic carbocycles. The lowest BCUT2D eigenvalue weighted by Crippen LogP contribution is -2.60. The van der Waals surface area contributed by atoms with Gasteiger partial charge in [-0.1, -0.05) is 0 Å². The summed E-state index contributed by atoms with van der Waals surface area (Å²) in [5, 5.41) is 33.7. The molecule has 3 fully saturated rings. The Balaban J connectivity index is 1.34. The molecule has 246 valence electrons. The number of carbonyl (C=O) groups is 3. The number of phenolic OH excluding ortho intramolecular Hbond substituents is 1. The quantitative estimate of drug-likeness (QED) is 0.241. The van der Waals surface area contributed by atoms with Gasteiger partial charge in [0.2, 0.25) is 0 Å². The van der Waals surface area contributed by atoms with E-state index < -0.39 is 41.1 Å². The largest absolute Gasteiger partial charge is 0.507 e. The number of hydrogen-bond acceptors (Lipinski definition) is 10. The van der Waals surface area contributed by atoms with E-state index in [0.29, 0.717) is 81.8 Å². The molecule has 13 heteroatoms. The summed E-state index contributed by atoms with van der Waals surface area (Å²) >= 11 is 0. The van der Waals surface area contributed by atoms with Gasteiger partial charge in [-0.3, -0.25) is 15.4 Å². The molecule has 0 bridgehead atoms. The number of aryl methyl sites for hydroxylation is 2. The molecule has 3 saturated heterocycles. The van der Waals surface area contributed by atoms with E-state index in [1.165, 1.54) is 0 Å². The molecule has 13 nitrogen and oxygen atoms in total. The average molecular weight is 621 g/mol. The van der Waals surface area contributed by atoms with Gasteiger partial charge < -0.3 is 39.7 Å². The van der Waals surface area contributed by atoms with Gasteiger partial charge in [-0.25, -0.2) is 9.59 Å². The minimum Gasteiger partial charge on any atom is -0.507 e. The molecule has 4 atom stereocenters. The van der Waals surface area contributed by atoms with Crippen molar-refractivity contribution in [3.8, 4) is 5.75 Å². The van der Waals surface area contributed by atoms with Crippen LogP contribution in [0.2, 0.25) is 0 Å². The number of phenols is 1. The number of hydrogen-bond donors (Lipinski definition) is 5. The van der Waals surface area contributed by atoms with Crippen LogP contribution in [-0.4, -0.2) is 118 Å². The highest BCUT2D eigenvalue weighted by Crippen LogP contribution is 2.37. The van der Waals surface area contributed by atoms with Crippen LogP contribution >= 0.6 is 0 Å². The number of benzene rings is 1. The van der Waals surface area contributed by atoms with Gasteiger partial charge in [0.05, 0.1) is 31.0 Å². The third kappa shape index (κ3) is 7.99. The van der Waals surface area contributed by atoms with E-state index in [0.717, 1.165) is 0 Å². The standard InChI is InChI=1S/C31H48N4O9/c1-20-14-22(15-21(2)25(20)37)26(38)33-17-23(36)16-24-6-5-7-31(43-24,27(39)40)9-11-35-12-13-42-19-30(35)8-10-34(18-30)28(41)44-29(3,4)32/h14-15,23-24,36-37H,5-13,16-19,32H2,1-4H3,(H,33,38)(H,39,40)/t23-,24+,30?,31-/m0/s1. The van der Waals surface area contributed by atoms with Gasteiger partial charge in [0, 0.05) is 44.7 Å². The second-order valence-corrected chi connectivity index (χ2v) is 13.1. The van der Waals surface area contributed by atoms with Crippen LogP contribution in [0.4, 0.5) is 4.79 Å². The van der Waals surface area contributed by atoms with Gasteiger partial charge in [-0.2, -0.15) is 0 Å².